The highest BCUT2D eigenvalue weighted by atomic mass is 35.5. The lowest BCUT2D eigenvalue weighted by molar-refractivity contribution is 0.146. The third-order valence-corrected chi connectivity index (χ3v) is 3.04. The van der Waals surface area contributed by atoms with Gasteiger partial charge in [-0.05, 0) is 35.4 Å². The van der Waals surface area contributed by atoms with E-state index in [1.807, 2.05) is 0 Å². The van der Waals surface area contributed by atoms with Crippen LogP contribution in [-0.4, -0.2) is 5.11 Å². The van der Waals surface area contributed by atoms with E-state index in [1.54, 1.807) is 36.4 Å². The molecule has 18 heavy (non-hydrogen) atoms. The number of benzene rings is 2. The van der Waals surface area contributed by atoms with Crippen LogP contribution in [0.1, 0.15) is 23.3 Å². The standard InChI is InChI=1S/C14H13ClFNO/c15-11-6-4-9(5-7-11)13(17)14(18)10-2-1-3-12(16)8-10/h1-8,13-14,18H,17H2/t13-,14-/m1/s1. The maximum atomic E-state index is 13.1. The smallest absolute Gasteiger partial charge is 0.123 e. The first-order valence-electron chi connectivity index (χ1n) is 5.52. The molecule has 0 amide bonds. The predicted octanol–water partition coefficient (Wildman–Crippen LogP) is 3.21. The van der Waals surface area contributed by atoms with Gasteiger partial charge in [0.25, 0.3) is 0 Å². The molecule has 0 aliphatic carbocycles. The van der Waals surface area contributed by atoms with Gasteiger partial charge in [0.1, 0.15) is 5.82 Å². The summed E-state index contributed by atoms with van der Waals surface area (Å²) in [6.45, 7) is 0. The minimum atomic E-state index is -0.957. The molecular formula is C14H13ClFNO. The molecule has 0 aliphatic rings. The molecule has 2 nitrogen and oxygen atoms in total. The highest BCUT2D eigenvalue weighted by Crippen LogP contribution is 2.27. The normalized spacial score (nSPS) is 14.2. The van der Waals surface area contributed by atoms with Gasteiger partial charge in [0.2, 0.25) is 0 Å². The van der Waals surface area contributed by atoms with E-state index in [0.717, 1.165) is 5.56 Å². The molecular weight excluding hydrogens is 253 g/mol. The van der Waals surface area contributed by atoms with Crippen molar-refractivity contribution in [2.75, 3.05) is 0 Å². The average molecular weight is 266 g/mol. The van der Waals surface area contributed by atoms with Crippen LogP contribution in [0.3, 0.4) is 0 Å². The largest absolute Gasteiger partial charge is 0.386 e. The molecule has 0 unspecified atom stereocenters. The Kier molecular flexibility index (Phi) is 3.97. The zero-order valence-corrected chi connectivity index (χ0v) is 10.3. The minimum absolute atomic E-state index is 0.394. The average Bonchev–Trinajstić information content (AvgIpc) is 2.38. The summed E-state index contributed by atoms with van der Waals surface area (Å²) in [5.41, 5.74) is 7.16. The Morgan fingerprint density at radius 1 is 1.06 bits per heavy atom. The molecule has 4 heteroatoms. The molecule has 2 aromatic carbocycles. The van der Waals surface area contributed by atoms with Crippen molar-refractivity contribution in [3.8, 4) is 0 Å². The van der Waals surface area contributed by atoms with Crippen LogP contribution in [0, 0.1) is 5.82 Å². The SMILES string of the molecule is N[C@H](c1ccc(Cl)cc1)[C@H](O)c1cccc(F)c1. The van der Waals surface area contributed by atoms with Crippen LogP contribution in [0.5, 0.6) is 0 Å². The van der Waals surface area contributed by atoms with E-state index >= 15 is 0 Å². The second-order valence-electron chi connectivity index (χ2n) is 4.08. The number of aliphatic hydroxyl groups excluding tert-OH is 1. The van der Waals surface area contributed by atoms with Gasteiger partial charge in [-0.25, -0.2) is 4.39 Å². The van der Waals surface area contributed by atoms with E-state index in [2.05, 4.69) is 0 Å². The molecule has 0 bridgehead atoms. The van der Waals surface area contributed by atoms with E-state index in [1.165, 1.54) is 12.1 Å². The van der Waals surface area contributed by atoms with E-state index in [0.29, 0.717) is 10.6 Å². The first-order valence-corrected chi connectivity index (χ1v) is 5.90. The van der Waals surface area contributed by atoms with E-state index in [-0.39, 0.29) is 0 Å². The summed E-state index contributed by atoms with van der Waals surface area (Å²) in [4.78, 5) is 0. The Balaban J connectivity index is 2.23. The van der Waals surface area contributed by atoms with Crippen molar-refractivity contribution in [3.63, 3.8) is 0 Å². The van der Waals surface area contributed by atoms with Crippen LogP contribution in [0.2, 0.25) is 5.02 Å². The van der Waals surface area contributed by atoms with Crippen molar-refractivity contribution in [2.24, 2.45) is 5.73 Å². The lowest BCUT2D eigenvalue weighted by Gasteiger charge is -2.19. The maximum Gasteiger partial charge on any atom is 0.123 e. The van der Waals surface area contributed by atoms with Crippen molar-refractivity contribution in [1.29, 1.82) is 0 Å². The first-order chi connectivity index (χ1) is 8.58. The number of hydrogen-bond donors (Lipinski definition) is 2. The first kappa shape index (κ1) is 13.0. The second kappa shape index (κ2) is 5.48. The molecule has 0 saturated carbocycles. The van der Waals surface area contributed by atoms with Gasteiger partial charge in [-0.3, -0.25) is 0 Å². The van der Waals surface area contributed by atoms with Crippen LogP contribution in [0.25, 0.3) is 0 Å². The summed E-state index contributed by atoms with van der Waals surface area (Å²) in [6.07, 6.45) is -0.957. The van der Waals surface area contributed by atoms with Crippen LogP contribution >= 0.6 is 11.6 Å². The molecule has 0 heterocycles. The Labute approximate surface area is 110 Å². The topological polar surface area (TPSA) is 46.2 Å². The van der Waals surface area contributed by atoms with Crippen molar-refractivity contribution in [2.45, 2.75) is 12.1 Å². The quantitative estimate of drug-likeness (QED) is 0.895. The van der Waals surface area contributed by atoms with Gasteiger partial charge in [0.15, 0.2) is 0 Å². The predicted molar refractivity (Wildman–Crippen MR) is 69.7 cm³/mol. The van der Waals surface area contributed by atoms with Crippen LogP contribution in [0.15, 0.2) is 48.5 Å². The summed E-state index contributed by atoms with van der Waals surface area (Å²) < 4.78 is 13.1. The fourth-order valence-electron chi connectivity index (χ4n) is 1.77. The van der Waals surface area contributed by atoms with Gasteiger partial charge >= 0.3 is 0 Å². The number of aliphatic hydroxyl groups is 1. The summed E-state index contributed by atoms with van der Waals surface area (Å²) >= 11 is 5.78. The van der Waals surface area contributed by atoms with Gasteiger partial charge in [0, 0.05) is 5.02 Å². The van der Waals surface area contributed by atoms with E-state index < -0.39 is 18.0 Å². The van der Waals surface area contributed by atoms with Crippen molar-refractivity contribution in [3.05, 3.63) is 70.5 Å². The fourth-order valence-corrected chi connectivity index (χ4v) is 1.89. The molecule has 0 aliphatic heterocycles. The van der Waals surface area contributed by atoms with Crippen LogP contribution in [0.4, 0.5) is 4.39 Å². The van der Waals surface area contributed by atoms with Gasteiger partial charge in [-0.15, -0.1) is 0 Å². The maximum absolute atomic E-state index is 13.1. The number of hydrogen-bond acceptors (Lipinski definition) is 2. The van der Waals surface area contributed by atoms with Crippen molar-refractivity contribution < 1.29 is 9.50 Å². The van der Waals surface area contributed by atoms with Crippen molar-refractivity contribution >= 4 is 11.6 Å². The Morgan fingerprint density at radius 3 is 2.33 bits per heavy atom. The fraction of sp³-hybridized carbons (Fsp3) is 0.143. The molecule has 2 atom stereocenters. The number of rotatable bonds is 3. The Hall–Kier alpha value is -1.42. The zero-order chi connectivity index (χ0) is 13.1. The second-order valence-corrected chi connectivity index (χ2v) is 4.51. The highest BCUT2D eigenvalue weighted by Gasteiger charge is 2.18. The third-order valence-electron chi connectivity index (χ3n) is 2.79. The molecule has 0 radical (unpaired) electrons. The summed E-state index contributed by atoms with van der Waals surface area (Å²) in [7, 11) is 0. The van der Waals surface area contributed by atoms with Gasteiger partial charge in [-0.1, -0.05) is 35.9 Å². The molecule has 0 aromatic heterocycles. The monoisotopic (exact) mass is 265 g/mol. The summed E-state index contributed by atoms with van der Waals surface area (Å²) in [5, 5.41) is 10.7. The van der Waals surface area contributed by atoms with Crippen molar-refractivity contribution in [1.82, 2.24) is 0 Å². The van der Waals surface area contributed by atoms with Crippen LogP contribution in [-0.2, 0) is 0 Å². The zero-order valence-electron chi connectivity index (χ0n) is 9.55. The Morgan fingerprint density at radius 2 is 1.72 bits per heavy atom. The summed E-state index contributed by atoms with van der Waals surface area (Å²) in [6, 6.07) is 12.1. The molecule has 0 spiro atoms. The van der Waals surface area contributed by atoms with Gasteiger partial charge in [0.05, 0.1) is 12.1 Å². The number of nitrogens with two attached hydrogens (primary N) is 1. The van der Waals surface area contributed by atoms with E-state index in [9.17, 15) is 9.50 Å². The van der Waals surface area contributed by atoms with E-state index in [4.69, 9.17) is 17.3 Å². The highest BCUT2D eigenvalue weighted by molar-refractivity contribution is 6.30. The Bertz CT molecular complexity index is 530. The lowest BCUT2D eigenvalue weighted by atomic mass is 9.97. The molecule has 0 fully saturated rings. The molecule has 2 rings (SSSR count). The van der Waals surface area contributed by atoms with Crippen LogP contribution < -0.4 is 5.73 Å². The molecule has 94 valence electrons. The molecule has 3 N–H and O–H groups in total. The number of halogens is 2. The summed E-state index contributed by atoms with van der Waals surface area (Å²) in [5.74, 6) is -0.394. The molecule has 0 saturated heterocycles. The third kappa shape index (κ3) is 2.88. The van der Waals surface area contributed by atoms with Gasteiger partial charge in [-0.2, -0.15) is 0 Å². The van der Waals surface area contributed by atoms with Gasteiger partial charge < -0.3 is 10.8 Å². The molecule has 2 aromatic rings. The minimum Gasteiger partial charge on any atom is -0.386 e. The lowest BCUT2D eigenvalue weighted by Crippen LogP contribution is -2.19.